The first-order valence-corrected chi connectivity index (χ1v) is 10.2. The van der Waals surface area contributed by atoms with Crippen molar-refractivity contribution in [2.45, 2.75) is 19.3 Å². The Hall–Kier alpha value is -3.15. The highest BCUT2D eigenvalue weighted by molar-refractivity contribution is 5.59. The van der Waals surface area contributed by atoms with Crippen LogP contribution in [0, 0.1) is 5.92 Å². The van der Waals surface area contributed by atoms with Crippen molar-refractivity contribution in [2.75, 3.05) is 42.3 Å². The fourth-order valence-electron chi connectivity index (χ4n) is 3.79. The van der Waals surface area contributed by atoms with Crippen molar-refractivity contribution in [3.63, 3.8) is 0 Å². The topological polar surface area (TPSA) is 57.2 Å². The molecule has 29 heavy (non-hydrogen) atoms. The molecule has 0 bridgehead atoms. The van der Waals surface area contributed by atoms with Crippen LogP contribution in [0.5, 0.6) is 0 Å². The predicted molar refractivity (Wildman–Crippen MR) is 119 cm³/mol. The first kappa shape index (κ1) is 19.2. The van der Waals surface area contributed by atoms with Gasteiger partial charge in [0, 0.05) is 38.6 Å². The van der Waals surface area contributed by atoms with Crippen molar-refractivity contribution in [3.8, 4) is 0 Å². The van der Waals surface area contributed by atoms with E-state index in [0.29, 0.717) is 5.95 Å². The molecule has 0 saturated carbocycles. The van der Waals surface area contributed by atoms with Crippen LogP contribution in [0.2, 0.25) is 0 Å². The molecule has 1 saturated heterocycles. The van der Waals surface area contributed by atoms with Gasteiger partial charge in [0.1, 0.15) is 0 Å². The summed E-state index contributed by atoms with van der Waals surface area (Å²) in [6, 6.07) is 19.0. The fourth-order valence-corrected chi connectivity index (χ4v) is 3.79. The molecule has 0 aliphatic carbocycles. The molecule has 6 nitrogen and oxygen atoms in total. The lowest BCUT2D eigenvalue weighted by Crippen LogP contribution is -2.35. The minimum atomic E-state index is 0.534. The Morgan fingerprint density at radius 1 is 1.00 bits per heavy atom. The van der Waals surface area contributed by atoms with Crippen LogP contribution >= 0.6 is 0 Å². The Morgan fingerprint density at radius 3 is 2.41 bits per heavy atom. The number of piperidine rings is 1. The van der Waals surface area contributed by atoms with Gasteiger partial charge in [-0.3, -0.25) is 0 Å². The van der Waals surface area contributed by atoms with Gasteiger partial charge in [-0.1, -0.05) is 30.3 Å². The van der Waals surface area contributed by atoms with Gasteiger partial charge < -0.3 is 15.1 Å². The molecule has 0 unspecified atom stereocenters. The van der Waals surface area contributed by atoms with Crippen molar-refractivity contribution in [3.05, 3.63) is 66.4 Å². The molecule has 2 aromatic carbocycles. The van der Waals surface area contributed by atoms with Crippen LogP contribution in [0.1, 0.15) is 18.4 Å². The van der Waals surface area contributed by atoms with E-state index in [1.165, 1.54) is 18.4 Å². The maximum Gasteiger partial charge on any atom is 0.249 e. The number of rotatable bonds is 6. The fraction of sp³-hybridized carbons (Fsp3) is 0.348. The van der Waals surface area contributed by atoms with E-state index in [-0.39, 0.29) is 0 Å². The van der Waals surface area contributed by atoms with E-state index in [4.69, 9.17) is 0 Å². The van der Waals surface area contributed by atoms with Crippen molar-refractivity contribution in [2.24, 2.45) is 5.92 Å². The lowest BCUT2D eigenvalue weighted by Gasteiger charge is -2.32. The summed E-state index contributed by atoms with van der Waals surface area (Å²) in [5, 5.41) is 11.6. The summed E-state index contributed by atoms with van der Waals surface area (Å²) in [7, 11) is 4.06. The van der Waals surface area contributed by atoms with Gasteiger partial charge in [0.25, 0.3) is 0 Å². The van der Waals surface area contributed by atoms with Gasteiger partial charge >= 0.3 is 0 Å². The van der Waals surface area contributed by atoms with Gasteiger partial charge in [-0.2, -0.15) is 10.1 Å². The normalized spacial score (nSPS) is 14.6. The van der Waals surface area contributed by atoms with E-state index < -0.39 is 0 Å². The van der Waals surface area contributed by atoms with Gasteiger partial charge in [0.2, 0.25) is 5.95 Å². The van der Waals surface area contributed by atoms with E-state index in [1.807, 2.05) is 26.2 Å². The molecule has 6 heteroatoms. The quantitative estimate of drug-likeness (QED) is 0.685. The third kappa shape index (κ3) is 5.02. The SMILES string of the molecule is CN(C)c1ccc(Nc2nncc(N3CCC(Cc4ccccc4)CC3)n2)cc1. The number of nitrogens with one attached hydrogen (secondary N) is 1. The Balaban J connectivity index is 1.35. The first-order valence-electron chi connectivity index (χ1n) is 10.2. The molecule has 1 N–H and O–H groups in total. The summed E-state index contributed by atoms with van der Waals surface area (Å²) >= 11 is 0. The number of hydrogen-bond acceptors (Lipinski definition) is 6. The maximum atomic E-state index is 4.69. The molecular formula is C23H28N6. The summed E-state index contributed by atoms with van der Waals surface area (Å²) in [6.07, 6.45) is 5.27. The van der Waals surface area contributed by atoms with Crippen molar-refractivity contribution in [1.82, 2.24) is 15.2 Å². The Morgan fingerprint density at radius 2 is 1.72 bits per heavy atom. The van der Waals surface area contributed by atoms with Crippen LogP contribution in [-0.2, 0) is 6.42 Å². The van der Waals surface area contributed by atoms with Crippen molar-refractivity contribution < 1.29 is 0 Å². The molecule has 1 aromatic heterocycles. The standard InChI is InChI=1S/C23H28N6/c1-28(2)21-10-8-20(9-11-21)25-23-26-22(17-24-27-23)29-14-12-19(13-15-29)16-18-6-4-3-5-7-18/h3-11,17,19H,12-16H2,1-2H3,(H,25,26,27). The summed E-state index contributed by atoms with van der Waals surface area (Å²) in [4.78, 5) is 9.08. The second-order valence-corrected chi connectivity index (χ2v) is 7.82. The van der Waals surface area contributed by atoms with Gasteiger partial charge in [0.05, 0.1) is 6.20 Å². The molecule has 3 aromatic rings. The zero-order chi connectivity index (χ0) is 20.1. The van der Waals surface area contributed by atoms with Crippen LogP contribution in [0.25, 0.3) is 0 Å². The molecule has 1 fully saturated rings. The molecule has 2 heterocycles. The molecule has 150 valence electrons. The minimum absolute atomic E-state index is 0.534. The number of benzene rings is 2. The zero-order valence-electron chi connectivity index (χ0n) is 17.1. The molecule has 1 aliphatic rings. The predicted octanol–water partition coefficient (Wildman–Crippen LogP) is 4.14. The molecule has 0 atom stereocenters. The van der Waals surface area contributed by atoms with Crippen molar-refractivity contribution >= 4 is 23.1 Å². The molecule has 0 amide bonds. The van der Waals surface area contributed by atoms with Crippen LogP contribution in [-0.4, -0.2) is 42.4 Å². The highest BCUT2D eigenvalue weighted by Crippen LogP contribution is 2.25. The number of hydrogen-bond donors (Lipinski definition) is 1. The highest BCUT2D eigenvalue weighted by Gasteiger charge is 2.21. The van der Waals surface area contributed by atoms with Gasteiger partial charge in [-0.15, -0.1) is 5.10 Å². The summed E-state index contributed by atoms with van der Waals surface area (Å²) in [5.41, 5.74) is 3.54. The summed E-state index contributed by atoms with van der Waals surface area (Å²) in [5.74, 6) is 2.16. The summed E-state index contributed by atoms with van der Waals surface area (Å²) in [6.45, 7) is 2.01. The lowest BCUT2D eigenvalue weighted by atomic mass is 9.90. The lowest BCUT2D eigenvalue weighted by molar-refractivity contribution is 0.402. The monoisotopic (exact) mass is 388 g/mol. The van der Waals surface area contributed by atoms with E-state index in [0.717, 1.165) is 42.6 Å². The molecule has 0 radical (unpaired) electrons. The van der Waals surface area contributed by atoms with Crippen molar-refractivity contribution in [1.29, 1.82) is 0 Å². The van der Waals surface area contributed by atoms with Crippen LogP contribution in [0.15, 0.2) is 60.8 Å². The zero-order valence-corrected chi connectivity index (χ0v) is 17.1. The molecule has 1 aliphatic heterocycles. The van der Waals surface area contributed by atoms with E-state index in [1.54, 1.807) is 6.20 Å². The van der Waals surface area contributed by atoms with Gasteiger partial charge in [0.15, 0.2) is 5.82 Å². The van der Waals surface area contributed by atoms with Gasteiger partial charge in [-0.05, 0) is 55.0 Å². The Labute approximate surface area is 172 Å². The summed E-state index contributed by atoms with van der Waals surface area (Å²) < 4.78 is 0. The van der Waals surface area contributed by atoms with Crippen LogP contribution in [0.3, 0.4) is 0 Å². The minimum Gasteiger partial charge on any atom is -0.378 e. The smallest absolute Gasteiger partial charge is 0.249 e. The number of nitrogens with zero attached hydrogens (tertiary/aromatic N) is 5. The van der Waals surface area contributed by atoms with Crippen LogP contribution in [0.4, 0.5) is 23.1 Å². The second-order valence-electron chi connectivity index (χ2n) is 7.82. The Bertz CT molecular complexity index is 902. The van der Waals surface area contributed by atoms with Gasteiger partial charge in [-0.25, -0.2) is 0 Å². The Kier molecular flexibility index (Phi) is 5.89. The first-order chi connectivity index (χ1) is 14.2. The van der Waals surface area contributed by atoms with Crippen LogP contribution < -0.4 is 15.1 Å². The van der Waals surface area contributed by atoms with E-state index in [9.17, 15) is 0 Å². The second kappa shape index (κ2) is 8.90. The third-order valence-electron chi connectivity index (χ3n) is 5.49. The maximum absolute atomic E-state index is 4.69. The average molecular weight is 389 g/mol. The largest absolute Gasteiger partial charge is 0.378 e. The van der Waals surface area contributed by atoms with E-state index in [2.05, 4.69) is 72.8 Å². The average Bonchev–Trinajstić information content (AvgIpc) is 2.76. The molecule has 4 rings (SSSR count). The molecular weight excluding hydrogens is 360 g/mol. The third-order valence-corrected chi connectivity index (χ3v) is 5.49. The number of aromatic nitrogens is 3. The van der Waals surface area contributed by atoms with E-state index >= 15 is 0 Å². The number of anilines is 4. The molecule has 0 spiro atoms. The highest BCUT2D eigenvalue weighted by atomic mass is 15.3.